The second-order valence-corrected chi connectivity index (χ2v) is 6.86. The molecule has 25 heavy (non-hydrogen) atoms. The van der Waals surface area contributed by atoms with Gasteiger partial charge in [0, 0.05) is 13.1 Å². The first kappa shape index (κ1) is 17.5. The number of carbonyl (C=O) groups is 1. The highest BCUT2D eigenvalue weighted by atomic mass is 16.6. The first-order valence-electron chi connectivity index (χ1n) is 8.83. The van der Waals surface area contributed by atoms with Crippen molar-refractivity contribution in [2.45, 2.75) is 39.5 Å². The fourth-order valence-electron chi connectivity index (χ4n) is 3.07. The monoisotopic (exact) mass is 338 g/mol. The van der Waals surface area contributed by atoms with E-state index in [1.807, 2.05) is 11.8 Å². The normalized spacial score (nSPS) is 18.3. The van der Waals surface area contributed by atoms with Crippen LogP contribution in [0.25, 0.3) is 0 Å². The van der Waals surface area contributed by atoms with Crippen LogP contribution in [0.15, 0.2) is 48.5 Å². The van der Waals surface area contributed by atoms with E-state index in [1.165, 1.54) is 16.7 Å². The highest BCUT2D eigenvalue weighted by Gasteiger charge is 2.34. The molecule has 1 fully saturated rings. The Labute approximate surface area is 149 Å². The molecule has 1 aliphatic rings. The van der Waals surface area contributed by atoms with Gasteiger partial charge >= 0.3 is 6.09 Å². The molecule has 1 N–H and O–H groups in total. The van der Waals surface area contributed by atoms with Gasteiger partial charge in [-0.3, -0.25) is 4.90 Å². The summed E-state index contributed by atoms with van der Waals surface area (Å²) in [6.45, 7) is 8.26. The highest BCUT2D eigenvalue weighted by Crippen LogP contribution is 2.25. The number of nitrogens with zero attached hydrogens (tertiary/aromatic N) is 1. The van der Waals surface area contributed by atoms with Crippen LogP contribution in [0, 0.1) is 13.8 Å². The number of carbonyl (C=O) groups excluding carboxylic acids is 1. The third-order valence-electron chi connectivity index (χ3n) is 4.75. The molecule has 1 saturated heterocycles. The molecule has 3 rings (SSSR count). The van der Waals surface area contributed by atoms with Crippen LogP contribution < -0.4 is 5.32 Å². The number of hydrogen-bond acceptors (Lipinski definition) is 3. The standard InChI is InChI=1S/C21H26N2O2/c1-15-4-8-18(9-5-15)12-22-13-20-14-23(21(24)25-20)17(3)19-10-6-16(2)7-11-19/h4-11,17,20,22H,12-14H2,1-3H3. The number of nitrogens with one attached hydrogen (secondary N) is 1. The zero-order chi connectivity index (χ0) is 17.8. The van der Waals surface area contributed by atoms with Crippen molar-refractivity contribution >= 4 is 6.09 Å². The van der Waals surface area contributed by atoms with E-state index in [0.29, 0.717) is 13.1 Å². The van der Waals surface area contributed by atoms with Crippen LogP contribution in [0.2, 0.25) is 0 Å². The van der Waals surface area contributed by atoms with Crippen LogP contribution in [0.4, 0.5) is 4.79 Å². The maximum absolute atomic E-state index is 12.2. The molecule has 1 aliphatic heterocycles. The van der Waals surface area contributed by atoms with Gasteiger partial charge in [-0.15, -0.1) is 0 Å². The van der Waals surface area contributed by atoms with Gasteiger partial charge in [0.1, 0.15) is 6.10 Å². The van der Waals surface area contributed by atoms with Gasteiger partial charge in [0.25, 0.3) is 0 Å². The van der Waals surface area contributed by atoms with Crippen LogP contribution in [0.5, 0.6) is 0 Å². The largest absolute Gasteiger partial charge is 0.443 e. The van der Waals surface area contributed by atoms with Gasteiger partial charge in [-0.05, 0) is 31.9 Å². The number of ether oxygens (including phenoxy) is 1. The van der Waals surface area contributed by atoms with Gasteiger partial charge in [-0.25, -0.2) is 4.79 Å². The molecule has 0 saturated carbocycles. The van der Waals surface area contributed by atoms with Crippen molar-refractivity contribution in [1.82, 2.24) is 10.2 Å². The molecular formula is C21H26N2O2. The lowest BCUT2D eigenvalue weighted by atomic mass is 10.1. The van der Waals surface area contributed by atoms with Crippen LogP contribution in [0.3, 0.4) is 0 Å². The van der Waals surface area contributed by atoms with E-state index in [1.54, 1.807) is 0 Å². The van der Waals surface area contributed by atoms with Crippen molar-refractivity contribution in [2.24, 2.45) is 0 Å². The predicted octanol–water partition coefficient (Wildman–Crippen LogP) is 3.98. The fraction of sp³-hybridized carbons (Fsp3) is 0.381. The SMILES string of the molecule is Cc1ccc(CNCC2CN(C(C)c3ccc(C)cc3)C(=O)O2)cc1. The zero-order valence-electron chi connectivity index (χ0n) is 15.2. The molecule has 2 aromatic carbocycles. The second kappa shape index (κ2) is 7.70. The molecule has 2 aromatic rings. The van der Waals surface area contributed by atoms with Gasteiger partial charge in [-0.1, -0.05) is 59.7 Å². The van der Waals surface area contributed by atoms with Crippen LogP contribution in [-0.4, -0.2) is 30.2 Å². The lowest BCUT2D eigenvalue weighted by Gasteiger charge is -2.22. The van der Waals surface area contributed by atoms with E-state index in [2.05, 4.69) is 67.7 Å². The van der Waals surface area contributed by atoms with Crippen molar-refractivity contribution in [1.29, 1.82) is 0 Å². The summed E-state index contributed by atoms with van der Waals surface area (Å²) >= 11 is 0. The summed E-state index contributed by atoms with van der Waals surface area (Å²) in [4.78, 5) is 14.0. The summed E-state index contributed by atoms with van der Waals surface area (Å²) < 4.78 is 5.52. The Morgan fingerprint density at radius 3 is 2.32 bits per heavy atom. The van der Waals surface area contributed by atoms with E-state index in [9.17, 15) is 4.79 Å². The van der Waals surface area contributed by atoms with Crippen LogP contribution >= 0.6 is 0 Å². The Bertz CT molecular complexity index is 710. The van der Waals surface area contributed by atoms with Gasteiger partial charge < -0.3 is 10.1 Å². The molecule has 0 aromatic heterocycles. The second-order valence-electron chi connectivity index (χ2n) is 6.86. The van der Waals surface area contributed by atoms with Crippen molar-refractivity contribution in [3.8, 4) is 0 Å². The number of aryl methyl sites for hydroxylation is 2. The molecule has 0 bridgehead atoms. The minimum Gasteiger partial charge on any atom is -0.443 e. The third-order valence-corrected chi connectivity index (χ3v) is 4.75. The number of cyclic esters (lactones) is 1. The van der Waals surface area contributed by atoms with Crippen LogP contribution in [-0.2, 0) is 11.3 Å². The van der Waals surface area contributed by atoms with Crippen LogP contribution in [0.1, 0.15) is 35.2 Å². The Morgan fingerprint density at radius 2 is 1.68 bits per heavy atom. The molecular weight excluding hydrogens is 312 g/mol. The van der Waals surface area contributed by atoms with Gasteiger partial charge in [-0.2, -0.15) is 0 Å². The highest BCUT2D eigenvalue weighted by molar-refractivity contribution is 5.70. The lowest BCUT2D eigenvalue weighted by Crippen LogP contribution is -2.32. The summed E-state index contributed by atoms with van der Waals surface area (Å²) in [7, 11) is 0. The molecule has 4 heteroatoms. The topological polar surface area (TPSA) is 41.6 Å². The summed E-state index contributed by atoms with van der Waals surface area (Å²) in [5.74, 6) is 0. The molecule has 1 amide bonds. The summed E-state index contributed by atoms with van der Waals surface area (Å²) in [6.07, 6.45) is -0.332. The van der Waals surface area contributed by atoms with E-state index in [4.69, 9.17) is 4.74 Å². The fourth-order valence-corrected chi connectivity index (χ4v) is 3.07. The minimum absolute atomic E-state index is 0.0233. The number of rotatable bonds is 6. The summed E-state index contributed by atoms with van der Waals surface area (Å²) in [5.41, 5.74) is 4.85. The maximum atomic E-state index is 12.2. The summed E-state index contributed by atoms with van der Waals surface area (Å²) in [6, 6.07) is 16.8. The molecule has 0 aliphatic carbocycles. The Kier molecular flexibility index (Phi) is 5.39. The molecule has 0 spiro atoms. The molecule has 1 heterocycles. The Hall–Kier alpha value is -2.33. The first-order valence-corrected chi connectivity index (χ1v) is 8.83. The molecule has 2 unspecified atom stereocenters. The first-order chi connectivity index (χ1) is 12.0. The van der Waals surface area contributed by atoms with Crippen molar-refractivity contribution < 1.29 is 9.53 Å². The zero-order valence-corrected chi connectivity index (χ0v) is 15.2. The number of benzene rings is 2. The third kappa shape index (κ3) is 4.40. The molecule has 2 atom stereocenters. The summed E-state index contributed by atoms with van der Waals surface area (Å²) in [5, 5.41) is 3.39. The number of amides is 1. The van der Waals surface area contributed by atoms with E-state index in [0.717, 1.165) is 12.1 Å². The van der Waals surface area contributed by atoms with E-state index in [-0.39, 0.29) is 18.2 Å². The Morgan fingerprint density at radius 1 is 1.08 bits per heavy atom. The van der Waals surface area contributed by atoms with E-state index >= 15 is 0 Å². The lowest BCUT2D eigenvalue weighted by molar-refractivity contribution is 0.128. The molecule has 4 nitrogen and oxygen atoms in total. The van der Waals surface area contributed by atoms with Crippen molar-refractivity contribution in [3.63, 3.8) is 0 Å². The number of hydrogen-bond donors (Lipinski definition) is 1. The van der Waals surface area contributed by atoms with Gasteiger partial charge in [0.2, 0.25) is 0 Å². The van der Waals surface area contributed by atoms with E-state index < -0.39 is 0 Å². The predicted molar refractivity (Wildman–Crippen MR) is 99.5 cm³/mol. The average molecular weight is 338 g/mol. The molecule has 132 valence electrons. The van der Waals surface area contributed by atoms with Gasteiger partial charge in [0.05, 0.1) is 12.6 Å². The average Bonchev–Trinajstić information content (AvgIpc) is 2.97. The quantitative estimate of drug-likeness (QED) is 0.866. The van der Waals surface area contributed by atoms with Gasteiger partial charge in [0.15, 0.2) is 0 Å². The maximum Gasteiger partial charge on any atom is 0.410 e. The smallest absolute Gasteiger partial charge is 0.410 e. The Balaban J connectivity index is 1.51. The van der Waals surface area contributed by atoms with Crippen molar-refractivity contribution in [2.75, 3.05) is 13.1 Å². The minimum atomic E-state index is -0.227. The molecule has 0 radical (unpaired) electrons. The van der Waals surface area contributed by atoms with Crippen molar-refractivity contribution in [3.05, 3.63) is 70.8 Å².